The summed E-state index contributed by atoms with van der Waals surface area (Å²) in [5.74, 6) is -0.821. The summed E-state index contributed by atoms with van der Waals surface area (Å²) in [7, 11) is 0. The number of esters is 1. The van der Waals surface area contributed by atoms with Crippen LogP contribution in [0.4, 0.5) is 5.69 Å². The maximum Gasteiger partial charge on any atom is 0.339 e. The van der Waals surface area contributed by atoms with Gasteiger partial charge in [0.2, 0.25) is 11.8 Å². The molecule has 3 heterocycles. The molecule has 0 fully saturated rings. The average Bonchev–Trinajstić information content (AvgIpc) is 2.96. The maximum absolute atomic E-state index is 14.4. The van der Waals surface area contributed by atoms with E-state index in [1.807, 2.05) is 26.8 Å². The molecule has 0 saturated heterocycles. The number of nitriles is 1. The highest BCUT2D eigenvalue weighted by Crippen LogP contribution is 2.60. The van der Waals surface area contributed by atoms with E-state index in [2.05, 4.69) is 19.1 Å². The number of benzene rings is 1. The van der Waals surface area contributed by atoms with Crippen molar-refractivity contribution in [1.29, 1.82) is 5.26 Å². The van der Waals surface area contributed by atoms with Crippen molar-refractivity contribution in [2.24, 2.45) is 5.73 Å². The molecule has 3 aliphatic rings. The Morgan fingerprint density at radius 3 is 2.66 bits per heavy atom. The number of ether oxygens (including phenoxy) is 2. The number of nitrogens with two attached hydrogens (primary N) is 1. The molecule has 168 valence electrons. The smallest absolute Gasteiger partial charge is 0.339 e. The fourth-order valence-corrected chi connectivity index (χ4v) is 5.71. The lowest BCUT2D eigenvalue weighted by atomic mass is 9.67. The number of aryl methyl sites for hydroxylation is 1. The topological polar surface area (TPSA) is 106 Å². The zero-order valence-corrected chi connectivity index (χ0v) is 19.5. The number of amides is 1. The van der Waals surface area contributed by atoms with E-state index in [9.17, 15) is 14.9 Å². The number of carbonyl (C=O) groups is 2. The molecular formula is C25H29N3O4. The van der Waals surface area contributed by atoms with Gasteiger partial charge in [-0.1, -0.05) is 26.0 Å². The Balaban J connectivity index is 2.19. The Kier molecular flexibility index (Phi) is 4.89. The Hall–Kier alpha value is -3.27. The highest BCUT2D eigenvalue weighted by Gasteiger charge is 2.65. The molecular weight excluding hydrogens is 406 g/mol. The third-order valence-electron chi connectivity index (χ3n) is 6.90. The average molecular weight is 436 g/mol. The van der Waals surface area contributed by atoms with Crippen LogP contribution in [0.15, 0.2) is 34.9 Å². The molecule has 0 unspecified atom stereocenters. The minimum absolute atomic E-state index is 0.0309. The molecule has 7 nitrogen and oxygen atoms in total. The highest BCUT2D eigenvalue weighted by molar-refractivity contribution is 6.20. The lowest BCUT2D eigenvalue weighted by Gasteiger charge is -2.44. The largest absolute Gasteiger partial charge is 0.462 e. The molecule has 0 bridgehead atoms. The first-order valence-electron chi connectivity index (χ1n) is 11.0. The molecule has 7 heteroatoms. The van der Waals surface area contributed by atoms with Crippen LogP contribution in [0.1, 0.15) is 70.6 Å². The van der Waals surface area contributed by atoms with Gasteiger partial charge in [-0.3, -0.25) is 4.79 Å². The molecule has 1 spiro atoms. The van der Waals surface area contributed by atoms with Crippen LogP contribution in [-0.2, 0) is 30.9 Å². The van der Waals surface area contributed by atoms with Crippen molar-refractivity contribution in [1.82, 2.24) is 0 Å². The van der Waals surface area contributed by atoms with E-state index >= 15 is 0 Å². The van der Waals surface area contributed by atoms with Crippen molar-refractivity contribution in [3.05, 3.63) is 51.6 Å². The number of anilines is 1. The zero-order chi connectivity index (χ0) is 23.6. The summed E-state index contributed by atoms with van der Waals surface area (Å²) in [4.78, 5) is 29.5. The summed E-state index contributed by atoms with van der Waals surface area (Å²) in [5, 5.41) is 10.2. The van der Waals surface area contributed by atoms with Gasteiger partial charge in [-0.2, -0.15) is 5.26 Å². The Bertz CT molecular complexity index is 1150. The first kappa shape index (κ1) is 21.9. The van der Waals surface area contributed by atoms with Crippen LogP contribution in [0, 0.1) is 11.3 Å². The van der Waals surface area contributed by atoms with Crippen LogP contribution < -0.4 is 10.6 Å². The van der Waals surface area contributed by atoms with Gasteiger partial charge < -0.3 is 20.1 Å². The maximum atomic E-state index is 14.4. The lowest BCUT2D eigenvalue weighted by molar-refractivity contribution is -0.141. The molecule has 2 N–H and O–H groups in total. The summed E-state index contributed by atoms with van der Waals surface area (Å²) in [6.07, 6.45) is 1.50. The van der Waals surface area contributed by atoms with Gasteiger partial charge in [-0.05, 0) is 57.6 Å². The van der Waals surface area contributed by atoms with Crippen molar-refractivity contribution < 1.29 is 19.1 Å². The second-order valence-electron chi connectivity index (χ2n) is 9.35. The SMILES string of the molecule is CCOC(=O)C1=C(C)OC(N)=C(C#N)[C@@]12C(=O)N1c3c(cc(CC)cc32)[C@H](C)CC1(C)C. The third kappa shape index (κ3) is 2.59. The summed E-state index contributed by atoms with van der Waals surface area (Å²) in [5.41, 5.74) is 7.39. The molecule has 1 amide bonds. The molecule has 2 atom stereocenters. The summed E-state index contributed by atoms with van der Waals surface area (Å²) >= 11 is 0. The fourth-order valence-electron chi connectivity index (χ4n) is 5.71. The van der Waals surface area contributed by atoms with E-state index in [1.165, 1.54) is 0 Å². The predicted octanol–water partition coefficient (Wildman–Crippen LogP) is 3.68. The first-order chi connectivity index (χ1) is 15.1. The summed E-state index contributed by atoms with van der Waals surface area (Å²) < 4.78 is 11.0. The second-order valence-corrected chi connectivity index (χ2v) is 9.35. The standard InChI is InChI=1S/C25H29N3O4/c1-7-15-9-16-13(3)11-24(5,6)28-20(16)17(10-15)25(23(28)30)18(12-26)21(27)32-14(4)19(25)22(29)31-8-2/h9-10,13H,7-8,11,27H2,1-6H3/t13-,25-/m1/s1. The number of rotatable bonds is 3. The second kappa shape index (κ2) is 7.13. The number of fused-ring (bicyclic) bond motifs is 1. The van der Waals surface area contributed by atoms with Crippen molar-refractivity contribution in [2.75, 3.05) is 11.5 Å². The molecule has 32 heavy (non-hydrogen) atoms. The molecule has 1 aromatic carbocycles. The quantitative estimate of drug-likeness (QED) is 0.726. The van der Waals surface area contributed by atoms with Gasteiger partial charge in [0.05, 0.1) is 12.3 Å². The number of carbonyl (C=O) groups excluding carboxylic acids is 2. The summed E-state index contributed by atoms with van der Waals surface area (Å²) in [6, 6.07) is 6.18. The predicted molar refractivity (Wildman–Crippen MR) is 119 cm³/mol. The van der Waals surface area contributed by atoms with E-state index < -0.39 is 16.9 Å². The molecule has 3 aliphatic heterocycles. The minimum Gasteiger partial charge on any atom is -0.462 e. The van der Waals surface area contributed by atoms with Crippen molar-refractivity contribution >= 4 is 17.6 Å². The third-order valence-corrected chi connectivity index (χ3v) is 6.90. The van der Waals surface area contributed by atoms with Gasteiger partial charge in [-0.25, -0.2) is 4.79 Å². The van der Waals surface area contributed by atoms with E-state index in [4.69, 9.17) is 15.2 Å². The number of nitrogens with zero attached hydrogens (tertiary/aromatic N) is 2. The van der Waals surface area contributed by atoms with Crippen LogP contribution >= 0.6 is 0 Å². The summed E-state index contributed by atoms with van der Waals surface area (Å²) in [6.45, 7) is 11.6. The normalized spacial score (nSPS) is 25.6. The van der Waals surface area contributed by atoms with E-state index in [0.29, 0.717) is 5.56 Å². The van der Waals surface area contributed by atoms with Gasteiger partial charge in [0.1, 0.15) is 23.0 Å². The molecule has 1 aromatic rings. The van der Waals surface area contributed by atoms with E-state index in [0.717, 1.165) is 29.7 Å². The number of allylic oxidation sites excluding steroid dienone is 1. The van der Waals surface area contributed by atoms with Gasteiger partial charge in [0, 0.05) is 11.1 Å². The minimum atomic E-state index is -1.69. The Morgan fingerprint density at radius 2 is 2.06 bits per heavy atom. The molecule has 0 aromatic heterocycles. The fraction of sp³-hybridized carbons (Fsp3) is 0.480. The van der Waals surface area contributed by atoms with E-state index in [1.54, 1.807) is 18.7 Å². The van der Waals surface area contributed by atoms with Crippen LogP contribution in [-0.4, -0.2) is 24.0 Å². The van der Waals surface area contributed by atoms with Crippen LogP contribution in [0.2, 0.25) is 0 Å². The Morgan fingerprint density at radius 1 is 1.38 bits per heavy atom. The molecule has 0 aliphatic carbocycles. The molecule has 4 rings (SSSR count). The van der Waals surface area contributed by atoms with Crippen molar-refractivity contribution in [3.8, 4) is 6.07 Å². The molecule has 0 radical (unpaired) electrons. The first-order valence-corrected chi connectivity index (χ1v) is 11.0. The lowest BCUT2D eigenvalue weighted by Crippen LogP contribution is -2.55. The van der Waals surface area contributed by atoms with Gasteiger partial charge in [0.15, 0.2) is 5.41 Å². The monoisotopic (exact) mass is 435 g/mol. The zero-order valence-electron chi connectivity index (χ0n) is 19.5. The van der Waals surface area contributed by atoms with Crippen molar-refractivity contribution in [2.45, 2.75) is 71.3 Å². The van der Waals surface area contributed by atoms with Crippen molar-refractivity contribution in [3.63, 3.8) is 0 Å². The number of hydrogen-bond acceptors (Lipinski definition) is 6. The van der Waals surface area contributed by atoms with Crippen LogP contribution in [0.3, 0.4) is 0 Å². The van der Waals surface area contributed by atoms with Crippen LogP contribution in [0.5, 0.6) is 0 Å². The molecule has 0 saturated carbocycles. The Labute approximate surface area is 188 Å². The van der Waals surface area contributed by atoms with Gasteiger partial charge in [0.25, 0.3) is 0 Å². The van der Waals surface area contributed by atoms with Gasteiger partial charge >= 0.3 is 5.97 Å². The van der Waals surface area contributed by atoms with E-state index in [-0.39, 0.29) is 41.2 Å². The van der Waals surface area contributed by atoms with Crippen LogP contribution in [0.25, 0.3) is 0 Å². The highest BCUT2D eigenvalue weighted by atomic mass is 16.5. The van der Waals surface area contributed by atoms with Gasteiger partial charge in [-0.15, -0.1) is 0 Å². The number of hydrogen-bond donors (Lipinski definition) is 1.